The molecule has 0 fully saturated rings. The maximum atomic E-state index is 13.5. The number of hydrogen-bond acceptors (Lipinski definition) is 4. The summed E-state index contributed by atoms with van der Waals surface area (Å²) >= 11 is 2.14. The van der Waals surface area contributed by atoms with E-state index in [-0.39, 0.29) is 19.0 Å². The summed E-state index contributed by atoms with van der Waals surface area (Å²) in [5.74, 6) is -0.667. The number of rotatable bonds is 11. The Morgan fingerprint density at radius 1 is 1.09 bits per heavy atom. The molecule has 0 aliphatic heterocycles. The summed E-state index contributed by atoms with van der Waals surface area (Å²) in [6.07, 6.45) is 2.27. The number of carbonyl (C=O) groups excluding carboxylic acids is 2. The Bertz CT molecular complexity index is 1060. The minimum atomic E-state index is -3.72. The molecule has 0 heterocycles. The normalized spacial score (nSPS) is 12.2. The molecule has 0 radical (unpaired) electrons. The number of amides is 2. The van der Waals surface area contributed by atoms with Gasteiger partial charge in [0.1, 0.15) is 12.6 Å². The molecule has 33 heavy (non-hydrogen) atoms. The van der Waals surface area contributed by atoms with Gasteiger partial charge < -0.3 is 10.2 Å². The van der Waals surface area contributed by atoms with Crippen LogP contribution in [0.25, 0.3) is 0 Å². The molecule has 7 nitrogen and oxygen atoms in total. The van der Waals surface area contributed by atoms with Gasteiger partial charge in [-0.2, -0.15) is 0 Å². The first-order chi connectivity index (χ1) is 15.6. The molecule has 9 heteroatoms. The molecular formula is C24H32IN3O4S. The smallest absolute Gasteiger partial charge is 0.244 e. The zero-order valence-corrected chi connectivity index (χ0v) is 22.5. The van der Waals surface area contributed by atoms with Crippen molar-refractivity contribution < 1.29 is 18.0 Å². The van der Waals surface area contributed by atoms with E-state index in [9.17, 15) is 18.0 Å². The standard InChI is InChI=1S/C24H32IN3O4S/c1-5-14-26-24(30)22(6-2)27(16-19-9-7-8-18(3)15-19)23(29)17-28(33(4,31)32)21-12-10-20(25)11-13-21/h7-13,15,22H,5-6,14,16-17H2,1-4H3,(H,26,30). The van der Waals surface area contributed by atoms with Crippen molar-refractivity contribution in [3.8, 4) is 0 Å². The zero-order chi connectivity index (χ0) is 24.6. The summed E-state index contributed by atoms with van der Waals surface area (Å²) in [7, 11) is -3.72. The van der Waals surface area contributed by atoms with Crippen LogP contribution in [0.2, 0.25) is 0 Å². The second kappa shape index (κ2) is 12.4. The Morgan fingerprint density at radius 2 is 1.76 bits per heavy atom. The number of benzene rings is 2. The van der Waals surface area contributed by atoms with Gasteiger partial charge in [0, 0.05) is 16.7 Å². The van der Waals surface area contributed by atoms with E-state index in [0.29, 0.717) is 18.7 Å². The molecule has 0 aliphatic rings. The van der Waals surface area contributed by atoms with E-state index < -0.39 is 22.0 Å². The summed E-state index contributed by atoms with van der Waals surface area (Å²) in [5, 5.41) is 2.87. The molecule has 0 bridgehead atoms. The van der Waals surface area contributed by atoms with Crippen molar-refractivity contribution in [3.63, 3.8) is 0 Å². The van der Waals surface area contributed by atoms with Crippen molar-refractivity contribution >= 4 is 50.1 Å². The number of halogens is 1. The van der Waals surface area contributed by atoms with Crippen LogP contribution in [0.1, 0.15) is 37.8 Å². The van der Waals surface area contributed by atoms with E-state index in [1.807, 2.05) is 45.0 Å². The highest BCUT2D eigenvalue weighted by molar-refractivity contribution is 14.1. The molecule has 2 aromatic carbocycles. The van der Waals surface area contributed by atoms with Crippen LogP contribution in [0.5, 0.6) is 0 Å². The molecule has 0 aromatic heterocycles. The average Bonchev–Trinajstić information content (AvgIpc) is 2.75. The van der Waals surface area contributed by atoms with Crippen molar-refractivity contribution in [3.05, 3.63) is 63.2 Å². The SMILES string of the molecule is CCCNC(=O)C(CC)N(Cc1cccc(C)c1)C(=O)CN(c1ccc(I)cc1)S(C)(=O)=O. The molecule has 1 unspecified atom stereocenters. The second-order valence-electron chi connectivity index (χ2n) is 7.97. The molecule has 2 amide bonds. The van der Waals surface area contributed by atoms with Gasteiger partial charge in [-0.3, -0.25) is 13.9 Å². The molecule has 1 N–H and O–H groups in total. The summed E-state index contributed by atoms with van der Waals surface area (Å²) in [4.78, 5) is 27.9. The Balaban J connectivity index is 2.41. The van der Waals surface area contributed by atoms with Gasteiger partial charge in [-0.25, -0.2) is 8.42 Å². The molecule has 0 spiro atoms. The highest BCUT2D eigenvalue weighted by atomic mass is 127. The first kappa shape index (κ1) is 27.1. The number of carbonyl (C=O) groups is 2. The van der Waals surface area contributed by atoms with Gasteiger partial charge in [-0.05, 0) is 72.2 Å². The van der Waals surface area contributed by atoms with Gasteiger partial charge in [0.25, 0.3) is 0 Å². The van der Waals surface area contributed by atoms with Gasteiger partial charge in [-0.15, -0.1) is 0 Å². The number of aryl methyl sites for hydroxylation is 1. The fourth-order valence-electron chi connectivity index (χ4n) is 3.51. The number of nitrogens with zero attached hydrogens (tertiary/aromatic N) is 2. The molecule has 2 aromatic rings. The fourth-order valence-corrected chi connectivity index (χ4v) is 4.72. The Kier molecular flexibility index (Phi) is 10.2. The quantitative estimate of drug-likeness (QED) is 0.408. The van der Waals surface area contributed by atoms with Crippen molar-refractivity contribution in [2.75, 3.05) is 23.7 Å². The molecular weight excluding hydrogens is 553 g/mol. The van der Waals surface area contributed by atoms with Crippen LogP contribution in [-0.4, -0.2) is 50.5 Å². The predicted molar refractivity (Wildman–Crippen MR) is 140 cm³/mol. The van der Waals surface area contributed by atoms with Gasteiger partial charge in [0.15, 0.2) is 0 Å². The van der Waals surface area contributed by atoms with Crippen LogP contribution in [0.15, 0.2) is 48.5 Å². The summed E-state index contributed by atoms with van der Waals surface area (Å²) in [5.41, 5.74) is 2.33. The van der Waals surface area contributed by atoms with E-state index in [2.05, 4.69) is 27.9 Å². The third-order valence-corrected chi connectivity index (χ3v) is 7.02. The lowest BCUT2D eigenvalue weighted by atomic mass is 10.1. The van der Waals surface area contributed by atoms with Crippen LogP contribution >= 0.6 is 22.6 Å². The number of sulfonamides is 1. The minimum absolute atomic E-state index is 0.211. The van der Waals surface area contributed by atoms with E-state index in [4.69, 9.17) is 0 Å². The van der Waals surface area contributed by atoms with Crippen LogP contribution in [0.3, 0.4) is 0 Å². The number of nitrogens with one attached hydrogen (secondary N) is 1. The lowest BCUT2D eigenvalue weighted by Crippen LogP contribution is -2.52. The Labute approximate surface area is 210 Å². The monoisotopic (exact) mass is 585 g/mol. The maximum Gasteiger partial charge on any atom is 0.244 e. The number of anilines is 1. The first-order valence-corrected chi connectivity index (χ1v) is 13.9. The van der Waals surface area contributed by atoms with E-state index in [0.717, 1.165) is 31.7 Å². The first-order valence-electron chi connectivity index (χ1n) is 10.9. The van der Waals surface area contributed by atoms with Crippen LogP contribution < -0.4 is 9.62 Å². The zero-order valence-electron chi connectivity index (χ0n) is 19.5. The minimum Gasteiger partial charge on any atom is -0.354 e. The van der Waals surface area contributed by atoms with E-state index in [1.165, 1.54) is 4.90 Å². The largest absolute Gasteiger partial charge is 0.354 e. The van der Waals surface area contributed by atoms with Gasteiger partial charge in [0.05, 0.1) is 11.9 Å². The maximum absolute atomic E-state index is 13.5. The van der Waals surface area contributed by atoms with Crippen molar-refractivity contribution in [2.45, 2.75) is 46.2 Å². The summed E-state index contributed by atoms with van der Waals surface area (Å²) < 4.78 is 27.2. The lowest BCUT2D eigenvalue weighted by Gasteiger charge is -2.33. The van der Waals surface area contributed by atoms with E-state index in [1.54, 1.807) is 24.3 Å². The summed E-state index contributed by atoms with van der Waals surface area (Å²) in [6, 6.07) is 13.9. The topological polar surface area (TPSA) is 86.8 Å². The fraction of sp³-hybridized carbons (Fsp3) is 0.417. The molecule has 180 valence electrons. The molecule has 1 atom stereocenters. The van der Waals surface area contributed by atoms with Crippen LogP contribution in [0, 0.1) is 10.5 Å². The van der Waals surface area contributed by atoms with Crippen molar-refractivity contribution in [2.24, 2.45) is 0 Å². The van der Waals surface area contributed by atoms with E-state index >= 15 is 0 Å². The van der Waals surface area contributed by atoms with Crippen molar-refractivity contribution in [1.29, 1.82) is 0 Å². The van der Waals surface area contributed by atoms with Gasteiger partial charge in [-0.1, -0.05) is 43.7 Å². The molecule has 0 saturated heterocycles. The lowest BCUT2D eigenvalue weighted by molar-refractivity contribution is -0.140. The average molecular weight is 586 g/mol. The molecule has 0 aliphatic carbocycles. The highest BCUT2D eigenvalue weighted by Gasteiger charge is 2.31. The molecule has 0 saturated carbocycles. The van der Waals surface area contributed by atoms with Crippen molar-refractivity contribution in [1.82, 2.24) is 10.2 Å². The van der Waals surface area contributed by atoms with Crippen LogP contribution in [0.4, 0.5) is 5.69 Å². The van der Waals surface area contributed by atoms with Crippen LogP contribution in [-0.2, 0) is 26.2 Å². The van der Waals surface area contributed by atoms with Gasteiger partial charge in [0.2, 0.25) is 21.8 Å². The highest BCUT2D eigenvalue weighted by Crippen LogP contribution is 2.21. The predicted octanol–water partition coefficient (Wildman–Crippen LogP) is 3.70. The third-order valence-electron chi connectivity index (χ3n) is 5.16. The third kappa shape index (κ3) is 7.99. The van der Waals surface area contributed by atoms with Gasteiger partial charge >= 0.3 is 0 Å². The number of hydrogen-bond donors (Lipinski definition) is 1. The summed E-state index contributed by atoms with van der Waals surface area (Å²) in [6.45, 7) is 6.11. The Hall–Kier alpha value is -2.14. The molecule has 2 rings (SSSR count). The Morgan fingerprint density at radius 3 is 2.30 bits per heavy atom. The second-order valence-corrected chi connectivity index (χ2v) is 11.1.